The number of aromatic nitrogens is 1. The van der Waals surface area contributed by atoms with Gasteiger partial charge in [-0.2, -0.15) is 0 Å². The minimum atomic E-state index is 0.674. The highest BCUT2D eigenvalue weighted by molar-refractivity contribution is 9.10. The largest absolute Gasteiger partial charge is 0.382 e. The van der Waals surface area contributed by atoms with Crippen LogP contribution in [0.2, 0.25) is 0 Å². The van der Waals surface area contributed by atoms with E-state index in [4.69, 9.17) is 9.47 Å². The van der Waals surface area contributed by atoms with Crippen LogP contribution in [-0.4, -0.2) is 38.5 Å². The lowest BCUT2D eigenvalue weighted by atomic mass is 10.3. The first-order chi connectivity index (χ1) is 8.83. The van der Waals surface area contributed by atoms with Gasteiger partial charge in [-0.1, -0.05) is 0 Å². The summed E-state index contributed by atoms with van der Waals surface area (Å²) in [4.78, 5) is 4.30. The Morgan fingerprint density at radius 3 is 2.83 bits per heavy atom. The number of unbranched alkanes of at least 4 members (excludes halogenated alkanes) is 1. The van der Waals surface area contributed by atoms with Crippen molar-refractivity contribution in [1.82, 2.24) is 10.3 Å². The molecule has 0 fully saturated rings. The van der Waals surface area contributed by atoms with E-state index in [-0.39, 0.29) is 0 Å². The predicted octanol–water partition coefficient (Wildman–Crippen LogP) is 2.38. The van der Waals surface area contributed by atoms with Gasteiger partial charge < -0.3 is 14.8 Å². The molecule has 0 saturated heterocycles. The molecule has 1 heterocycles. The maximum atomic E-state index is 5.38. The third kappa shape index (κ3) is 7.76. The normalized spacial score (nSPS) is 10.8. The lowest BCUT2D eigenvalue weighted by Crippen LogP contribution is -2.16. The van der Waals surface area contributed by atoms with Gasteiger partial charge in [0.2, 0.25) is 0 Å². The Bertz CT molecular complexity index is 306. The van der Waals surface area contributed by atoms with Crippen LogP contribution in [0.3, 0.4) is 0 Å². The molecule has 0 aromatic carbocycles. The summed E-state index contributed by atoms with van der Waals surface area (Å²) >= 11 is 3.37. The van der Waals surface area contributed by atoms with E-state index in [0.717, 1.165) is 42.7 Å². The molecule has 0 amide bonds. The third-order valence-corrected chi connectivity index (χ3v) is 2.89. The fourth-order valence-electron chi connectivity index (χ4n) is 1.43. The zero-order valence-electron chi connectivity index (χ0n) is 10.8. The molecule has 0 saturated carbocycles. The van der Waals surface area contributed by atoms with Gasteiger partial charge in [-0.15, -0.1) is 0 Å². The minimum Gasteiger partial charge on any atom is -0.382 e. The van der Waals surface area contributed by atoms with E-state index in [1.165, 1.54) is 0 Å². The fraction of sp³-hybridized carbons (Fsp3) is 0.615. The Labute approximate surface area is 117 Å². The third-order valence-electron chi connectivity index (χ3n) is 2.42. The number of hydrogen-bond acceptors (Lipinski definition) is 4. The number of ether oxygens (including phenoxy) is 2. The van der Waals surface area contributed by atoms with Crippen molar-refractivity contribution in [1.29, 1.82) is 0 Å². The number of pyridine rings is 1. The van der Waals surface area contributed by atoms with Gasteiger partial charge >= 0.3 is 0 Å². The lowest BCUT2D eigenvalue weighted by molar-refractivity contribution is 0.0688. The minimum absolute atomic E-state index is 0.674. The molecule has 18 heavy (non-hydrogen) atoms. The first kappa shape index (κ1) is 15.6. The molecule has 0 aliphatic rings. The van der Waals surface area contributed by atoms with Gasteiger partial charge in [0, 0.05) is 30.9 Å². The topological polar surface area (TPSA) is 43.4 Å². The smallest absolute Gasteiger partial charge is 0.0700 e. The summed E-state index contributed by atoms with van der Waals surface area (Å²) in [6.07, 6.45) is 4.01. The Hall–Kier alpha value is -0.490. The van der Waals surface area contributed by atoms with Crippen LogP contribution in [0.1, 0.15) is 18.5 Å². The summed E-state index contributed by atoms with van der Waals surface area (Å²) < 4.78 is 11.3. The predicted molar refractivity (Wildman–Crippen MR) is 75.6 cm³/mol. The average Bonchev–Trinajstić information content (AvgIpc) is 2.39. The van der Waals surface area contributed by atoms with Crippen LogP contribution in [0, 0.1) is 0 Å². The van der Waals surface area contributed by atoms with Crippen molar-refractivity contribution >= 4 is 15.9 Å². The highest BCUT2D eigenvalue weighted by Crippen LogP contribution is 2.06. The van der Waals surface area contributed by atoms with E-state index in [2.05, 4.69) is 26.2 Å². The molecule has 5 heteroatoms. The zero-order valence-corrected chi connectivity index (χ0v) is 12.4. The van der Waals surface area contributed by atoms with Crippen molar-refractivity contribution in [2.24, 2.45) is 0 Å². The molecule has 0 unspecified atom stereocenters. The molecule has 0 spiro atoms. The van der Waals surface area contributed by atoms with Gasteiger partial charge in [0.15, 0.2) is 0 Å². The summed E-state index contributed by atoms with van der Waals surface area (Å²) in [7, 11) is 1.68. The van der Waals surface area contributed by atoms with Crippen molar-refractivity contribution < 1.29 is 9.47 Å². The van der Waals surface area contributed by atoms with Gasteiger partial charge in [0.25, 0.3) is 0 Å². The zero-order chi connectivity index (χ0) is 13.1. The molecule has 0 aliphatic heterocycles. The summed E-state index contributed by atoms with van der Waals surface area (Å²) in [5, 5.41) is 3.37. The molecule has 1 aromatic rings. The molecule has 0 bridgehead atoms. The SMILES string of the molecule is COCCOCCCCNCc1ccc(Br)cn1. The lowest BCUT2D eigenvalue weighted by Gasteiger charge is -2.05. The van der Waals surface area contributed by atoms with Gasteiger partial charge in [-0.25, -0.2) is 0 Å². The number of rotatable bonds is 10. The molecular formula is C13H21BrN2O2. The number of methoxy groups -OCH3 is 1. The number of hydrogen-bond donors (Lipinski definition) is 1. The Morgan fingerprint density at radius 1 is 1.22 bits per heavy atom. The summed E-state index contributed by atoms with van der Waals surface area (Å²) in [6, 6.07) is 4.03. The molecule has 1 N–H and O–H groups in total. The van der Waals surface area contributed by atoms with E-state index in [1.54, 1.807) is 7.11 Å². The van der Waals surface area contributed by atoms with E-state index in [0.29, 0.717) is 13.2 Å². The monoisotopic (exact) mass is 316 g/mol. The molecule has 4 nitrogen and oxygen atoms in total. The van der Waals surface area contributed by atoms with Gasteiger partial charge in [-0.3, -0.25) is 4.98 Å². The van der Waals surface area contributed by atoms with Crippen LogP contribution in [-0.2, 0) is 16.0 Å². The molecular weight excluding hydrogens is 296 g/mol. The first-order valence-corrected chi connectivity index (χ1v) is 7.00. The van der Waals surface area contributed by atoms with Crippen molar-refractivity contribution in [2.75, 3.05) is 33.5 Å². The second-order valence-corrected chi connectivity index (χ2v) is 4.87. The summed E-state index contributed by atoms with van der Waals surface area (Å²) in [5.41, 5.74) is 1.06. The maximum Gasteiger partial charge on any atom is 0.0700 e. The number of nitrogens with one attached hydrogen (secondary N) is 1. The van der Waals surface area contributed by atoms with Crippen molar-refractivity contribution in [3.8, 4) is 0 Å². The quantitative estimate of drug-likeness (QED) is 0.673. The molecule has 102 valence electrons. The average molecular weight is 317 g/mol. The van der Waals surface area contributed by atoms with Crippen LogP contribution in [0.25, 0.3) is 0 Å². The van der Waals surface area contributed by atoms with Crippen molar-refractivity contribution in [3.05, 3.63) is 28.5 Å². The second kappa shape index (κ2) is 10.4. The van der Waals surface area contributed by atoms with Gasteiger partial charge in [0.1, 0.15) is 0 Å². The maximum absolute atomic E-state index is 5.38. The van der Waals surface area contributed by atoms with Crippen LogP contribution in [0.5, 0.6) is 0 Å². The fourth-order valence-corrected chi connectivity index (χ4v) is 1.66. The molecule has 1 rings (SSSR count). The van der Waals surface area contributed by atoms with Crippen LogP contribution < -0.4 is 5.32 Å². The highest BCUT2D eigenvalue weighted by Gasteiger charge is 1.94. The van der Waals surface area contributed by atoms with Gasteiger partial charge in [-0.05, 0) is 47.4 Å². The standard InChI is InChI=1S/C13H21BrN2O2/c1-17-8-9-18-7-3-2-6-15-11-13-5-4-12(14)10-16-13/h4-5,10,15H,2-3,6-9,11H2,1H3. The van der Waals surface area contributed by atoms with Crippen molar-refractivity contribution in [3.63, 3.8) is 0 Å². The second-order valence-electron chi connectivity index (χ2n) is 3.96. The van der Waals surface area contributed by atoms with Gasteiger partial charge in [0.05, 0.1) is 18.9 Å². The Balaban J connectivity index is 1.91. The first-order valence-electron chi connectivity index (χ1n) is 6.21. The molecule has 0 atom stereocenters. The molecule has 1 aromatic heterocycles. The Morgan fingerprint density at radius 2 is 2.11 bits per heavy atom. The molecule has 0 radical (unpaired) electrons. The van der Waals surface area contributed by atoms with E-state index >= 15 is 0 Å². The summed E-state index contributed by atoms with van der Waals surface area (Å²) in [6.45, 7) is 3.98. The van der Waals surface area contributed by atoms with Crippen molar-refractivity contribution in [2.45, 2.75) is 19.4 Å². The van der Waals surface area contributed by atoms with E-state index in [9.17, 15) is 0 Å². The van der Waals surface area contributed by atoms with Crippen LogP contribution in [0.15, 0.2) is 22.8 Å². The summed E-state index contributed by atoms with van der Waals surface area (Å²) in [5.74, 6) is 0. The van der Waals surface area contributed by atoms with Crippen LogP contribution in [0.4, 0.5) is 0 Å². The highest BCUT2D eigenvalue weighted by atomic mass is 79.9. The van der Waals surface area contributed by atoms with E-state index < -0.39 is 0 Å². The number of halogens is 1. The number of nitrogens with zero attached hydrogens (tertiary/aromatic N) is 1. The Kier molecular flexibility index (Phi) is 9.02. The molecule has 0 aliphatic carbocycles. The van der Waals surface area contributed by atoms with Crippen LogP contribution >= 0.6 is 15.9 Å². The van der Waals surface area contributed by atoms with E-state index in [1.807, 2.05) is 18.3 Å².